The van der Waals surface area contributed by atoms with Crippen LogP contribution in [0.1, 0.15) is 49.7 Å². The van der Waals surface area contributed by atoms with E-state index in [1.54, 1.807) is 26.4 Å². The zero-order valence-electron chi connectivity index (χ0n) is 23.6. The Balaban J connectivity index is 0.000000163. The van der Waals surface area contributed by atoms with E-state index in [0.29, 0.717) is 24.4 Å². The molecule has 2 aromatic carbocycles. The van der Waals surface area contributed by atoms with Gasteiger partial charge in [-0.1, -0.05) is 55.5 Å². The summed E-state index contributed by atoms with van der Waals surface area (Å²) in [5, 5.41) is 9.39. The fourth-order valence-corrected chi connectivity index (χ4v) is 6.31. The second kappa shape index (κ2) is 12.6. The number of phenols is 1. The summed E-state index contributed by atoms with van der Waals surface area (Å²) >= 11 is 0. The van der Waals surface area contributed by atoms with Gasteiger partial charge >= 0.3 is 0 Å². The van der Waals surface area contributed by atoms with Crippen LogP contribution in [0.3, 0.4) is 0 Å². The minimum atomic E-state index is -0.136. The molecular weight excluding hydrogens is 490 g/mol. The summed E-state index contributed by atoms with van der Waals surface area (Å²) in [5.41, 5.74) is 3.92. The Kier molecular flexibility index (Phi) is 8.96. The van der Waals surface area contributed by atoms with E-state index in [1.165, 1.54) is 16.8 Å². The van der Waals surface area contributed by atoms with Gasteiger partial charge in [-0.3, -0.25) is 0 Å². The minimum Gasteiger partial charge on any atom is -0.508 e. The number of fused-ring (bicyclic) bond motifs is 1. The minimum absolute atomic E-state index is 0.0444. The number of methoxy groups -OCH3 is 2. The lowest BCUT2D eigenvalue weighted by molar-refractivity contribution is -0.136. The average molecular weight is 534 g/mol. The third kappa shape index (κ3) is 6.68. The molecule has 3 aliphatic heterocycles. The van der Waals surface area contributed by atoms with Gasteiger partial charge in [0.1, 0.15) is 11.5 Å². The number of benzene rings is 2. The van der Waals surface area contributed by atoms with Gasteiger partial charge in [0.05, 0.1) is 18.8 Å². The fraction of sp³-hybridized carbons (Fsp3) is 0.515. The van der Waals surface area contributed by atoms with Crippen molar-refractivity contribution in [2.24, 2.45) is 11.8 Å². The van der Waals surface area contributed by atoms with Gasteiger partial charge in [0.2, 0.25) is 0 Å². The van der Waals surface area contributed by atoms with Gasteiger partial charge in [-0.25, -0.2) is 0 Å². The summed E-state index contributed by atoms with van der Waals surface area (Å²) in [4.78, 5) is 2.51. The van der Waals surface area contributed by atoms with Crippen LogP contribution < -0.4 is 4.74 Å². The Morgan fingerprint density at radius 3 is 2.49 bits per heavy atom. The molecule has 210 valence electrons. The zero-order valence-corrected chi connectivity index (χ0v) is 23.6. The van der Waals surface area contributed by atoms with E-state index in [4.69, 9.17) is 18.9 Å². The fourth-order valence-electron chi connectivity index (χ4n) is 6.31. The van der Waals surface area contributed by atoms with Crippen LogP contribution in [0.5, 0.6) is 11.5 Å². The number of allylic oxidation sites excluding steroid dienone is 3. The summed E-state index contributed by atoms with van der Waals surface area (Å²) in [5.74, 6) is 2.53. The Bertz CT molecular complexity index is 1130. The molecule has 0 amide bonds. The van der Waals surface area contributed by atoms with Crippen LogP contribution in [0.4, 0.5) is 0 Å². The normalized spacial score (nSPS) is 25.5. The Morgan fingerprint density at radius 2 is 1.79 bits per heavy atom. The number of hydrogen-bond donors (Lipinski definition) is 1. The molecule has 2 aromatic rings. The molecule has 2 saturated heterocycles. The first-order valence-corrected chi connectivity index (χ1v) is 14.3. The number of hydrogen-bond acceptors (Lipinski definition) is 6. The van der Waals surface area contributed by atoms with Crippen LogP contribution in [0, 0.1) is 11.8 Å². The summed E-state index contributed by atoms with van der Waals surface area (Å²) in [6, 6.07) is 15.8. The molecule has 0 radical (unpaired) electrons. The molecule has 1 spiro atoms. The van der Waals surface area contributed by atoms with E-state index < -0.39 is 0 Å². The second-order valence-corrected chi connectivity index (χ2v) is 11.4. The van der Waals surface area contributed by atoms with Gasteiger partial charge in [0.25, 0.3) is 0 Å². The molecule has 39 heavy (non-hydrogen) atoms. The molecule has 6 rings (SSSR count). The van der Waals surface area contributed by atoms with Crippen molar-refractivity contribution in [1.29, 1.82) is 0 Å². The number of rotatable bonds is 5. The molecule has 2 unspecified atom stereocenters. The molecule has 0 aromatic heterocycles. The highest BCUT2D eigenvalue weighted by atomic mass is 16.7. The molecule has 6 nitrogen and oxygen atoms in total. The van der Waals surface area contributed by atoms with Crippen LogP contribution in [0.25, 0.3) is 0 Å². The van der Waals surface area contributed by atoms with E-state index in [1.807, 2.05) is 12.1 Å². The van der Waals surface area contributed by atoms with E-state index in [2.05, 4.69) is 54.3 Å². The number of piperidine rings is 1. The molecule has 4 aliphatic rings. The summed E-state index contributed by atoms with van der Waals surface area (Å²) in [7, 11) is 3.43. The van der Waals surface area contributed by atoms with Crippen LogP contribution >= 0.6 is 0 Å². The first-order chi connectivity index (χ1) is 19.0. The van der Waals surface area contributed by atoms with Crippen molar-refractivity contribution in [3.8, 4) is 11.5 Å². The monoisotopic (exact) mass is 533 g/mol. The van der Waals surface area contributed by atoms with Crippen molar-refractivity contribution >= 4 is 0 Å². The first-order valence-electron chi connectivity index (χ1n) is 14.3. The summed E-state index contributed by atoms with van der Waals surface area (Å²) in [6.45, 7) is 5.88. The van der Waals surface area contributed by atoms with Crippen LogP contribution in [-0.4, -0.2) is 62.4 Å². The highest BCUT2D eigenvalue weighted by molar-refractivity contribution is 5.43. The maximum absolute atomic E-state index is 9.39. The Morgan fingerprint density at radius 1 is 1.03 bits per heavy atom. The molecule has 3 atom stereocenters. The summed E-state index contributed by atoms with van der Waals surface area (Å²) < 4.78 is 22.7. The Hall–Kier alpha value is -2.80. The van der Waals surface area contributed by atoms with Crippen LogP contribution in [-0.2, 0) is 20.6 Å². The highest BCUT2D eigenvalue weighted by Crippen LogP contribution is 2.41. The maximum Gasteiger partial charge on any atom is 0.161 e. The van der Waals surface area contributed by atoms with E-state index >= 15 is 0 Å². The topological polar surface area (TPSA) is 60.4 Å². The van der Waals surface area contributed by atoms with Gasteiger partial charge in [-0.15, -0.1) is 0 Å². The molecule has 0 bridgehead atoms. The number of ether oxygens (including phenoxy) is 4. The van der Waals surface area contributed by atoms with Gasteiger partial charge in [0, 0.05) is 50.9 Å². The molecule has 3 heterocycles. The van der Waals surface area contributed by atoms with Gasteiger partial charge < -0.3 is 29.0 Å². The van der Waals surface area contributed by atoms with Crippen molar-refractivity contribution in [3.05, 3.63) is 83.6 Å². The maximum atomic E-state index is 9.39. The lowest BCUT2D eigenvalue weighted by Gasteiger charge is -2.41. The molecule has 2 fully saturated rings. The second-order valence-electron chi connectivity index (χ2n) is 11.4. The van der Waals surface area contributed by atoms with E-state index in [0.717, 1.165) is 57.6 Å². The standard InChI is InChI=1S/C18H29NO3.C15H14O2/c1-14-4-6-16(7-5-14)19-10-8-18(9-11-19)12-15(13-22-18)17(20-2)21-3;16-14-7-6-12-8-13(10-17-15(12)9-14)11-4-2-1-3-5-11/h4,6-7,14-15,17H,5,8-13H2,1-3H3;1-7,9,13,16H,8,10H2/t;13-/m.1/s1. The molecule has 1 aliphatic carbocycles. The lowest BCUT2D eigenvalue weighted by Crippen LogP contribution is -2.43. The van der Waals surface area contributed by atoms with E-state index in [-0.39, 0.29) is 17.6 Å². The lowest BCUT2D eigenvalue weighted by atomic mass is 9.84. The first kappa shape index (κ1) is 27.8. The predicted octanol–water partition coefficient (Wildman–Crippen LogP) is 6.07. The quantitative estimate of drug-likeness (QED) is 0.471. The molecular formula is C33H43NO5. The predicted molar refractivity (Wildman–Crippen MR) is 153 cm³/mol. The molecule has 6 heteroatoms. The smallest absolute Gasteiger partial charge is 0.161 e. The average Bonchev–Trinajstić information content (AvgIpc) is 3.38. The third-order valence-electron chi connectivity index (χ3n) is 8.65. The number of aromatic hydroxyl groups is 1. The van der Waals surface area contributed by atoms with Crippen molar-refractivity contribution in [1.82, 2.24) is 4.90 Å². The van der Waals surface area contributed by atoms with Crippen molar-refractivity contribution < 1.29 is 24.1 Å². The summed E-state index contributed by atoms with van der Waals surface area (Å²) in [6.07, 6.45) is 12.2. The molecule has 0 saturated carbocycles. The highest BCUT2D eigenvalue weighted by Gasteiger charge is 2.45. The SMILES string of the molecule is COC(OC)C1COC2(CCN(C3=CCC(C)C=C3)CC2)C1.Oc1ccc2c(c1)OC[C@H](c1ccccc1)C2. The van der Waals surface area contributed by atoms with Gasteiger partial charge in [-0.2, -0.15) is 0 Å². The number of phenolic OH excluding ortho intramolecular Hbond substituents is 1. The molecule has 1 N–H and O–H groups in total. The Labute approximate surface area is 233 Å². The van der Waals surface area contributed by atoms with Crippen LogP contribution in [0.2, 0.25) is 0 Å². The van der Waals surface area contributed by atoms with Gasteiger partial charge in [-0.05, 0) is 61.3 Å². The van der Waals surface area contributed by atoms with Crippen LogP contribution in [0.15, 0.2) is 72.5 Å². The van der Waals surface area contributed by atoms with E-state index in [9.17, 15) is 5.11 Å². The van der Waals surface area contributed by atoms with Crippen molar-refractivity contribution in [2.45, 2.75) is 56.8 Å². The van der Waals surface area contributed by atoms with Gasteiger partial charge in [0.15, 0.2) is 6.29 Å². The zero-order chi connectivity index (χ0) is 27.2. The third-order valence-corrected chi connectivity index (χ3v) is 8.65. The number of likely N-dealkylation sites (tertiary alicyclic amines) is 1. The number of nitrogens with zero attached hydrogens (tertiary/aromatic N) is 1. The van der Waals surface area contributed by atoms with Crippen molar-refractivity contribution in [2.75, 3.05) is 40.5 Å². The largest absolute Gasteiger partial charge is 0.508 e. The van der Waals surface area contributed by atoms with Crippen molar-refractivity contribution in [3.63, 3.8) is 0 Å².